The Labute approximate surface area is 150 Å². The van der Waals surface area contributed by atoms with E-state index in [0.717, 1.165) is 5.56 Å². The molecule has 0 fully saturated rings. The molecular formula is C18H18N4O2S. The van der Waals surface area contributed by atoms with Crippen LogP contribution in [0, 0.1) is 0 Å². The van der Waals surface area contributed by atoms with Crippen molar-refractivity contribution in [3.05, 3.63) is 66.9 Å². The van der Waals surface area contributed by atoms with E-state index >= 15 is 0 Å². The lowest BCUT2D eigenvalue weighted by Gasteiger charge is -2.07. The molecule has 0 aliphatic heterocycles. The maximum Gasteiger partial charge on any atom is 0.230 e. The first-order valence-electron chi connectivity index (χ1n) is 7.79. The summed E-state index contributed by atoms with van der Waals surface area (Å²) in [6.45, 7) is 4.81. The maximum atomic E-state index is 12.1. The number of furan rings is 1. The van der Waals surface area contributed by atoms with Gasteiger partial charge in [-0.25, -0.2) is 0 Å². The number of benzene rings is 1. The number of carbonyl (C=O) groups excluding carboxylic acids is 1. The fraction of sp³-hybridized carbons (Fsp3) is 0.167. The lowest BCUT2D eigenvalue weighted by molar-refractivity contribution is -0.118. The molecule has 2 heterocycles. The molecule has 7 heteroatoms. The van der Waals surface area contributed by atoms with E-state index in [1.807, 2.05) is 41.0 Å². The Morgan fingerprint density at radius 3 is 2.80 bits per heavy atom. The van der Waals surface area contributed by atoms with Crippen LogP contribution in [-0.4, -0.2) is 26.4 Å². The van der Waals surface area contributed by atoms with Crippen molar-refractivity contribution in [1.29, 1.82) is 0 Å². The number of hydrogen-bond acceptors (Lipinski definition) is 5. The summed E-state index contributed by atoms with van der Waals surface area (Å²) in [6, 6.07) is 13.4. The molecule has 0 saturated carbocycles. The van der Waals surface area contributed by atoms with E-state index in [9.17, 15) is 4.79 Å². The van der Waals surface area contributed by atoms with Gasteiger partial charge >= 0.3 is 0 Å². The van der Waals surface area contributed by atoms with Crippen LogP contribution in [0.5, 0.6) is 0 Å². The van der Waals surface area contributed by atoms with Crippen molar-refractivity contribution in [2.24, 2.45) is 0 Å². The van der Waals surface area contributed by atoms with Gasteiger partial charge in [0, 0.05) is 13.1 Å². The summed E-state index contributed by atoms with van der Waals surface area (Å²) in [5.41, 5.74) is 1.07. The van der Waals surface area contributed by atoms with Crippen molar-refractivity contribution in [3.63, 3.8) is 0 Å². The summed E-state index contributed by atoms with van der Waals surface area (Å²) < 4.78 is 7.26. The fourth-order valence-electron chi connectivity index (χ4n) is 2.25. The molecule has 3 rings (SSSR count). The van der Waals surface area contributed by atoms with Gasteiger partial charge in [0.1, 0.15) is 0 Å². The Morgan fingerprint density at radius 1 is 1.24 bits per heavy atom. The van der Waals surface area contributed by atoms with Gasteiger partial charge in [0.25, 0.3) is 0 Å². The van der Waals surface area contributed by atoms with Gasteiger partial charge in [-0.05, 0) is 17.7 Å². The second kappa shape index (κ2) is 8.34. The molecule has 0 spiro atoms. The van der Waals surface area contributed by atoms with Crippen molar-refractivity contribution >= 4 is 17.7 Å². The largest absolute Gasteiger partial charge is 0.461 e. The summed E-state index contributed by atoms with van der Waals surface area (Å²) >= 11 is 1.34. The second-order valence-electron chi connectivity index (χ2n) is 5.23. The average Bonchev–Trinajstić information content (AvgIpc) is 3.29. The molecule has 0 radical (unpaired) electrons. The van der Waals surface area contributed by atoms with Crippen LogP contribution < -0.4 is 5.32 Å². The van der Waals surface area contributed by atoms with Gasteiger partial charge in [-0.3, -0.25) is 9.36 Å². The van der Waals surface area contributed by atoms with Crippen molar-refractivity contribution in [2.45, 2.75) is 18.2 Å². The van der Waals surface area contributed by atoms with Crippen molar-refractivity contribution in [1.82, 2.24) is 20.1 Å². The molecule has 0 unspecified atom stereocenters. The normalized spacial score (nSPS) is 10.6. The van der Waals surface area contributed by atoms with Gasteiger partial charge in [0.15, 0.2) is 10.9 Å². The first kappa shape index (κ1) is 17.0. The zero-order valence-electron chi connectivity index (χ0n) is 13.6. The topological polar surface area (TPSA) is 73.0 Å². The predicted molar refractivity (Wildman–Crippen MR) is 96.9 cm³/mol. The van der Waals surface area contributed by atoms with E-state index in [4.69, 9.17) is 4.42 Å². The number of thioether (sulfide) groups is 1. The minimum atomic E-state index is -0.0541. The van der Waals surface area contributed by atoms with Gasteiger partial charge in [0.05, 0.1) is 12.0 Å². The number of carbonyl (C=O) groups is 1. The van der Waals surface area contributed by atoms with E-state index < -0.39 is 0 Å². The zero-order valence-corrected chi connectivity index (χ0v) is 14.4. The standard InChI is InChI=1S/C18H18N4O2S/c1-2-10-22-17(15-9-6-11-24-15)20-21-18(22)25-13-16(23)19-12-14-7-4-3-5-8-14/h2-9,11H,1,10,12-13H2,(H,19,23). The molecule has 0 aliphatic rings. The Hall–Kier alpha value is -2.80. The summed E-state index contributed by atoms with van der Waals surface area (Å²) in [6.07, 6.45) is 3.35. The third-order valence-corrected chi connectivity index (χ3v) is 4.40. The highest BCUT2D eigenvalue weighted by atomic mass is 32.2. The minimum absolute atomic E-state index is 0.0541. The molecule has 0 aliphatic carbocycles. The van der Waals surface area contributed by atoms with Crippen molar-refractivity contribution < 1.29 is 9.21 Å². The highest BCUT2D eigenvalue weighted by molar-refractivity contribution is 7.99. The Kier molecular flexibility index (Phi) is 5.69. The number of hydrogen-bond donors (Lipinski definition) is 1. The monoisotopic (exact) mass is 354 g/mol. The second-order valence-corrected chi connectivity index (χ2v) is 6.18. The van der Waals surface area contributed by atoms with Crippen LogP contribution in [0.1, 0.15) is 5.56 Å². The van der Waals surface area contributed by atoms with Crippen LogP contribution in [0.15, 0.2) is 71.0 Å². The Bertz CT molecular complexity index is 828. The molecule has 3 aromatic rings. The number of aromatic nitrogens is 3. The molecule has 25 heavy (non-hydrogen) atoms. The molecule has 1 N–H and O–H groups in total. The molecule has 0 bridgehead atoms. The van der Waals surface area contributed by atoms with E-state index in [0.29, 0.717) is 29.8 Å². The summed E-state index contributed by atoms with van der Waals surface area (Å²) in [4.78, 5) is 12.1. The molecule has 2 aromatic heterocycles. The third kappa shape index (κ3) is 4.39. The molecule has 1 aromatic carbocycles. The van der Waals surface area contributed by atoms with E-state index in [1.165, 1.54) is 11.8 Å². The number of allylic oxidation sites excluding steroid dienone is 1. The molecular weight excluding hydrogens is 336 g/mol. The third-order valence-electron chi connectivity index (χ3n) is 3.43. The SMILES string of the molecule is C=CCn1c(SCC(=O)NCc2ccccc2)nnc1-c1ccco1. The van der Waals surface area contributed by atoms with Crippen molar-refractivity contribution in [3.8, 4) is 11.6 Å². The number of amides is 1. The molecule has 128 valence electrons. The predicted octanol–water partition coefficient (Wildman–Crippen LogP) is 3.13. The van der Waals surface area contributed by atoms with E-state index in [-0.39, 0.29) is 11.7 Å². The van der Waals surface area contributed by atoms with Crippen LogP contribution >= 0.6 is 11.8 Å². The quantitative estimate of drug-likeness (QED) is 0.497. The highest BCUT2D eigenvalue weighted by Gasteiger charge is 2.16. The first-order chi connectivity index (χ1) is 12.3. The first-order valence-corrected chi connectivity index (χ1v) is 8.78. The molecule has 6 nitrogen and oxygen atoms in total. The van der Waals surface area contributed by atoms with Gasteiger partial charge in [-0.15, -0.1) is 16.8 Å². The zero-order chi connectivity index (χ0) is 17.5. The van der Waals surface area contributed by atoms with Crippen LogP contribution in [0.25, 0.3) is 11.6 Å². The lowest BCUT2D eigenvalue weighted by atomic mass is 10.2. The molecule has 1 amide bonds. The highest BCUT2D eigenvalue weighted by Crippen LogP contribution is 2.24. The average molecular weight is 354 g/mol. The van der Waals surface area contributed by atoms with Crippen LogP contribution in [-0.2, 0) is 17.9 Å². The molecule has 0 saturated heterocycles. The van der Waals surface area contributed by atoms with E-state index in [1.54, 1.807) is 18.4 Å². The van der Waals surface area contributed by atoms with Crippen LogP contribution in [0.3, 0.4) is 0 Å². The number of nitrogens with zero attached hydrogens (tertiary/aromatic N) is 3. The Balaban J connectivity index is 1.61. The summed E-state index contributed by atoms with van der Waals surface area (Å²) in [5.74, 6) is 1.47. The van der Waals surface area contributed by atoms with Gasteiger partial charge < -0.3 is 9.73 Å². The van der Waals surface area contributed by atoms with E-state index in [2.05, 4.69) is 22.1 Å². The van der Waals surface area contributed by atoms with Gasteiger partial charge in [-0.2, -0.15) is 0 Å². The number of rotatable bonds is 8. The summed E-state index contributed by atoms with van der Waals surface area (Å²) in [7, 11) is 0. The lowest BCUT2D eigenvalue weighted by Crippen LogP contribution is -2.24. The number of nitrogens with one attached hydrogen (secondary N) is 1. The van der Waals surface area contributed by atoms with Crippen molar-refractivity contribution in [2.75, 3.05) is 5.75 Å². The van der Waals surface area contributed by atoms with Gasteiger partial charge in [-0.1, -0.05) is 48.2 Å². The summed E-state index contributed by atoms with van der Waals surface area (Å²) in [5, 5.41) is 11.9. The van der Waals surface area contributed by atoms with Gasteiger partial charge in [0.2, 0.25) is 11.7 Å². The van der Waals surface area contributed by atoms with Crippen LogP contribution in [0.4, 0.5) is 0 Å². The smallest absolute Gasteiger partial charge is 0.230 e. The minimum Gasteiger partial charge on any atom is -0.461 e. The Morgan fingerprint density at radius 2 is 2.08 bits per heavy atom. The fourth-order valence-corrected chi connectivity index (χ4v) is 3.03. The molecule has 0 atom stereocenters. The maximum absolute atomic E-state index is 12.1. The van der Waals surface area contributed by atoms with Crippen LogP contribution in [0.2, 0.25) is 0 Å².